The zero-order chi connectivity index (χ0) is 9.97. The molecule has 0 spiro atoms. The first kappa shape index (κ1) is 9.86. The molecule has 0 amide bonds. The van der Waals surface area contributed by atoms with Gasteiger partial charge in [-0.2, -0.15) is 0 Å². The third-order valence-corrected chi connectivity index (χ3v) is 3.02. The highest BCUT2D eigenvalue weighted by Gasteiger charge is 2.06. The molecule has 0 saturated heterocycles. The summed E-state index contributed by atoms with van der Waals surface area (Å²) in [6, 6.07) is 10.2. The molecule has 1 aromatic heterocycles. The molecule has 0 aliphatic heterocycles. The zero-order valence-electron chi connectivity index (χ0n) is 7.19. The van der Waals surface area contributed by atoms with Crippen LogP contribution in [0.15, 0.2) is 39.8 Å². The molecule has 0 atom stereocenters. The Hall–Kier alpha value is -0.680. The van der Waals surface area contributed by atoms with Crippen molar-refractivity contribution in [3.05, 3.63) is 45.4 Å². The van der Waals surface area contributed by atoms with Crippen LogP contribution in [0, 0.1) is 0 Å². The van der Waals surface area contributed by atoms with Gasteiger partial charge < -0.3 is 0 Å². The molecule has 0 aliphatic carbocycles. The Labute approximate surface area is 98.4 Å². The minimum Gasteiger partial charge on any atom is -0.292 e. The second-order valence-electron chi connectivity index (χ2n) is 2.81. The second kappa shape index (κ2) is 4.23. The molecule has 1 aromatic carbocycles. The van der Waals surface area contributed by atoms with E-state index in [1.165, 1.54) is 5.56 Å². The van der Waals surface area contributed by atoms with Crippen molar-refractivity contribution in [3.8, 4) is 0 Å². The summed E-state index contributed by atoms with van der Waals surface area (Å²) in [4.78, 5) is 0. The third kappa shape index (κ3) is 2.04. The SMILES string of the molecule is Brc1nnc(Br)n1Cc1ccccc1. The molecule has 5 heteroatoms. The Morgan fingerprint density at radius 3 is 2.14 bits per heavy atom. The first-order valence-electron chi connectivity index (χ1n) is 4.05. The minimum absolute atomic E-state index is 0.730. The Morgan fingerprint density at radius 1 is 1.00 bits per heavy atom. The van der Waals surface area contributed by atoms with Crippen LogP contribution in [0.25, 0.3) is 0 Å². The van der Waals surface area contributed by atoms with Gasteiger partial charge in [-0.05, 0) is 37.4 Å². The monoisotopic (exact) mass is 315 g/mol. The second-order valence-corrected chi connectivity index (χ2v) is 4.23. The fraction of sp³-hybridized carbons (Fsp3) is 0.111. The standard InChI is InChI=1S/C9H7Br2N3/c10-8-12-13-9(11)14(8)6-7-4-2-1-3-5-7/h1-5H,6H2. The molecular formula is C9H7Br2N3. The molecule has 0 N–H and O–H groups in total. The highest BCUT2D eigenvalue weighted by atomic mass is 79.9. The van der Waals surface area contributed by atoms with Gasteiger partial charge in [-0.15, -0.1) is 10.2 Å². The van der Waals surface area contributed by atoms with Crippen LogP contribution in [0.5, 0.6) is 0 Å². The Morgan fingerprint density at radius 2 is 1.57 bits per heavy atom. The van der Waals surface area contributed by atoms with Gasteiger partial charge in [-0.3, -0.25) is 4.57 Å². The number of hydrogen-bond acceptors (Lipinski definition) is 2. The maximum atomic E-state index is 3.90. The predicted octanol–water partition coefficient (Wildman–Crippen LogP) is 2.85. The first-order valence-corrected chi connectivity index (χ1v) is 5.64. The van der Waals surface area contributed by atoms with Crippen molar-refractivity contribution >= 4 is 31.9 Å². The van der Waals surface area contributed by atoms with Crippen molar-refractivity contribution in [2.24, 2.45) is 0 Å². The maximum absolute atomic E-state index is 3.90. The van der Waals surface area contributed by atoms with E-state index in [2.05, 4.69) is 54.2 Å². The number of aromatic nitrogens is 3. The van der Waals surface area contributed by atoms with Crippen LogP contribution in [-0.2, 0) is 6.54 Å². The smallest absolute Gasteiger partial charge is 0.201 e. The molecule has 14 heavy (non-hydrogen) atoms. The van der Waals surface area contributed by atoms with Crippen LogP contribution in [0.4, 0.5) is 0 Å². The molecule has 2 rings (SSSR count). The Balaban J connectivity index is 2.27. The summed E-state index contributed by atoms with van der Waals surface area (Å²) in [6.45, 7) is 0.759. The lowest BCUT2D eigenvalue weighted by molar-refractivity contribution is 0.754. The summed E-state index contributed by atoms with van der Waals surface area (Å²) in [5, 5.41) is 7.79. The summed E-state index contributed by atoms with van der Waals surface area (Å²) < 4.78 is 3.40. The molecule has 0 aliphatic rings. The highest BCUT2D eigenvalue weighted by molar-refractivity contribution is 9.11. The van der Waals surface area contributed by atoms with E-state index in [9.17, 15) is 0 Å². The zero-order valence-corrected chi connectivity index (χ0v) is 10.4. The van der Waals surface area contributed by atoms with Gasteiger partial charge in [-0.1, -0.05) is 30.3 Å². The molecule has 0 saturated carbocycles. The van der Waals surface area contributed by atoms with Crippen LogP contribution >= 0.6 is 31.9 Å². The lowest BCUT2D eigenvalue weighted by atomic mass is 10.2. The van der Waals surface area contributed by atoms with Gasteiger partial charge in [0.25, 0.3) is 0 Å². The number of benzene rings is 1. The van der Waals surface area contributed by atoms with E-state index in [0.29, 0.717) is 0 Å². The van der Waals surface area contributed by atoms with E-state index in [1.54, 1.807) is 0 Å². The van der Waals surface area contributed by atoms with E-state index in [-0.39, 0.29) is 0 Å². The molecule has 72 valence electrons. The summed E-state index contributed by atoms with van der Waals surface area (Å²) in [7, 11) is 0. The largest absolute Gasteiger partial charge is 0.292 e. The molecule has 0 bridgehead atoms. The van der Waals surface area contributed by atoms with Crippen LogP contribution in [0.3, 0.4) is 0 Å². The third-order valence-electron chi connectivity index (χ3n) is 1.84. The maximum Gasteiger partial charge on any atom is 0.201 e. The minimum atomic E-state index is 0.730. The number of halogens is 2. The fourth-order valence-electron chi connectivity index (χ4n) is 1.16. The van der Waals surface area contributed by atoms with E-state index >= 15 is 0 Å². The van der Waals surface area contributed by atoms with Crippen molar-refractivity contribution in [2.75, 3.05) is 0 Å². The molecule has 1 heterocycles. The van der Waals surface area contributed by atoms with Gasteiger partial charge in [0.1, 0.15) is 0 Å². The predicted molar refractivity (Wildman–Crippen MR) is 61.0 cm³/mol. The lowest BCUT2D eigenvalue weighted by Gasteiger charge is -2.03. The van der Waals surface area contributed by atoms with Gasteiger partial charge in [0.2, 0.25) is 9.47 Å². The fourth-order valence-corrected chi connectivity index (χ4v) is 2.15. The topological polar surface area (TPSA) is 30.7 Å². The summed E-state index contributed by atoms with van der Waals surface area (Å²) in [6.07, 6.45) is 0. The summed E-state index contributed by atoms with van der Waals surface area (Å²) >= 11 is 6.67. The quantitative estimate of drug-likeness (QED) is 0.853. The van der Waals surface area contributed by atoms with Crippen LogP contribution in [0.1, 0.15) is 5.56 Å². The molecule has 0 unspecified atom stereocenters. The van der Waals surface area contributed by atoms with E-state index in [0.717, 1.165) is 16.0 Å². The molecule has 3 nitrogen and oxygen atoms in total. The van der Waals surface area contributed by atoms with Gasteiger partial charge in [0.05, 0.1) is 6.54 Å². The van der Waals surface area contributed by atoms with Gasteiger partial charge in [0.15, 0.2) is 0 Å². The normalized spacial score (nSPS) is 10.4. The van der Waals surface area contributed by atoms with Crippen molar-refractivity contribution in [2.45, 2.75) is 6.54 Å². The van der Waals surface area contributed by atoms with Gasteiger partial charge in [0, 0.05) is 0 Å². The van der Waals surface area contributed by atoms with Gasteiger partial charge >= 0.3 is 0 Å². The lowest BCUT2D eigenvalue weighted by Crippen LogP contribution is -2.00. The average Bonchev–Trinajstić information content (AvgIpc) is 2.51. The van der Waals surface area contributed by atoms with Crippen molar-refractivity contribution in [1.29, 1.82) is 0 Å². The molecule has 0 fully saturated rings. The van der Waals surface area contributed by atoms with E-state index < -0.39 is 0 Å². The van der Waals surface area contributed by atoms with Crippen LogP contribution in [-0.4, -0.2) is 14.8 Å². The highest BCUT2D eigenvalue weighted by Crippen LogP contribution is 2.16. The van der Waals surface area contributed by atoms with Crippen LogP contribution in [0.2, 0.25) is 0 Å². The summed E-state index contributed by atoms with van der Waals surface area (Å²) in [5.41, 5.74) is 1.22. The van der Waals surface area contributed by atoms with Crippen molar-refractivity contribution in [3.63, 3.8) is 0 Å². The summed E-state index contributed by atoms with van der Waals surface area (Å²) in [5.74, 6) is 0. The average molecular weight is 317 g/mol. The van der Waals surface area contributed by atoms with Crippen LogP contribution < -0.4 is 0 Å². The number of hydrogen-bond donors (Lipinski definition) is 0. The van der Waals surface area contributed by atoms with Crippen molar-refractivity contribution < 1.29 is 0 Å². The van der Waals surface area contributed by atoms with Crippen molar-refractivity contribution in [1.82, 2.24) is 14.8 Å². The van der Waals surface area contributed by atoms with Gasteiger partial charge in [-0.25, -0.2) is 0 Å². The first-order chi connectivity index (χ1) is 6.77. The molecule has 2 aromatic rings. The number of rotatable bonds is 2. The Bertz CT molecular complexity index is 405. The van der Waals surface area contributed by atoms with E-state index in [4.69, 9.17) is 0 Å². The molecule has 0 radical (unpaired) electrons. The Kier molecular flexibility index (Phi) is 2.98. The molecular weight excluding hydrogens is 310 g/mol. The number of nitrogens with zero attached hydrogens (tertiary/aromatic N) is 3. The van der Waals surface area contributed by atoms with E-state index in [1.807, 2.05) is 22.8 Å².